The molecule has 1 aliphatic heterocycles. The molecule has 166 valence electrons. The van der Waals surface area contributed by atoms with E-state index in [1.54, 1.807) is 18.2 Å². The van der Waals surface area contributed by atoms with Crippen LogP contribution in [0, 0.1) is 0 Å². The second-order valence-corrected chi connectivity index (χ2v) is 10.5. The van der Waals surface area contributed by atoms with Crippen LogP contribution in [-0.2, 0) is 11.2 Å². The molecular formula is C24H17Cl2N3O2S2. The van der Waals surface area contributed by atoms with Crippen LogP contribution in [0.15, 0.2) is 65.0 Å². The Hall–Kier alpha value is -2.58. The molecule has 0 atom stereocenters. The van der Waals surface area contributed by atoms with Crippen LogP contribution in [0.1, 0.15) is 15.9 Å². The fraction of sp³-hybridized carbons (Fsp3) is 0.125. The second kappa shape index (κ2) is 9.35. The van der Waals surface area contributed by atoms with Gasteiger partial charge in [-0.1, -0.05) is 53.2 Å². The van der Waals surface area contributed by atoms with E-state index in [-0.39, 0.29) is 11.8 Å². The number of carbonyl (C=O) groups excluding carboxylic acids is 2. The predicted molar refractivity (Wildman–Crippen MR) is 137 cm³/mol. The van der Waals surface area contributed by atoms with Gasteiger partial charge in [-0.15, -0.1) is 11.3 Å². The van der Waals surface area contributed by atoms with E-state index in [2.05, 4.69) is 16.4 Å². The Labute approximate surface area is 208 Å². The zero-order valence-corrected chi connectivity index (χ0v) is 20.3. The van der Waals surface area contributed by atoms with Crippen molar-refractivity contribution in [3.8, 4) is 0 Å². The van der Waals surface area contributed by atoms with Crippen LogP contribution < -0.4 is 10.2 Å². The highest BCUT2D eigenvalue weighted by molar-refractivity contribution is 8.01. The maximum atomic E-state index is 12.8. The summed E-state index contributed by atoms with van der Waals surface area (Å²) in [5.74, 6) is 0.136. The predicted octanol–water partition coefficient (Wildman–Crippen LogP) is 6.54. The average molecular weight is 514 g/mol. The molecule has 1 aliphatic rings. The van der Waals surface area contributed by atoms with E-state index in [1.807, 2.05) is 35.2 Å². The third kappa shape index (κ3) is 4.73. The highest BCUT2D eigenvalue weighted by Crippen LogP contribution is 2.33. The summed E-state index contributed by atoms with van der Waals surface area (Å²) < 4.78 is 1.75. The van der Waals surface area contributed by atoms with Crippen LogP contribution in [0.5, 0.6) is 0 Å². The fourth-order valence-electron chi connectivity index (χ4n) is 3.68. The molecule has 0 fully saturated rings. The van der Waals surface area contributed by atoms with Gasteiger partial charge in [0.05, 0.1) is 26.0 Å². The van der Waals surface area contributed by atoms with Gasteiger partial charge < -0.3 is 10.2 Å². The van der Waals surface area contributed by atoms with Crippen LogP contribution in [0.2, 0.25) is 10.0 Å². The van der Waals surface area contributed by atoms with Gasteiger partial charge in [-0.3, -0.25) is 9.59 Å². The lowest BCUT2D eigenvalue weighted by Gasteiger charge is -2.16. The monoisotopic (exact) mass is 513 g/mol. The SMILES string of the molecule is O=C(Nc1ccc2nc(SCC(=O)N3CCc4ccccc43)sc2c1)c1ccc(Cl)c(Cl)c1. The molecule has 5 rings (SSSR count). The Morgan fingerprint density at radius 2 is 1.91 bits per heavy atom. The van der Waals surface area contributed by atoms with Crippen molar-refractivity contribution >= 4 is 79.7 Å². The summed E-state index contributed by atoms with van der Waals surface area (Å²) in [6.07, 6.45) is 0.893. The van der Waals surface area contributed by atoms with Crippen LogP contribution in [0.3, 0.4) is 0 Å². The molecular weight excluding hydrogens is 497 g/mol. The van der Waals surface area contributed by atoms with Crippen molar-refractivity contribution < 1.29 is 9.59 Å². The number of thioether (sulfide) groups is 1. The van der Waals surface area contributed by atoms with Gasteiger partial charge in [-0.05, 0) is 54.4 Å². The number of carbonyl (C=O) groups is 2. The van der Waals surface area contributed by atoms with Crippen molar-refractivity contribution in [3.05, 3.63) is 81.8 Å². The third-order valence-electron chi connectivity index (χ3n) is 5.32. The van der Waals surface area contributed by atoms with E-state index in [1.165, 1.54) is 34.7 Å². The first kappa shape index (κ1) is 22.2. The second-order valence-electron chi connectivity index (χ2n) is 7.46. The van der Waals surface area contributed by atoms with Crippen molar-refractivity contribution in [1.82, 2.24) is 4.98 Å². The number of amides is 2. The minimum atomic E-state index is -0.275. The van der Waals surface area contributed by atoms with Gasteiger partial charge in [0.1, 0.15) is 0 Å². The minimum Gasteiger partial charge on any atom is -0.322 e. The number of para-hydroxylation sites is 1. The first-order chi connectivity index (χ1) is 16.0. The number of nitrogens with one attached hydrogen (secondary N) is 1. The van der Waals surface area contributed by atoms with Crippen LogP contribution in [0.4, 0.5) is 11.4 Å². The smallest absolute Gasteiger partial charge is 0.255 e. The molecule has 33 heavy (non-hydrogen) atoms. The molecule has 0 radical (unpaired) electrons. The Kier molecular flexibility index (Phi) is 6.29. The van der Waals surface area contributed by atoms with Crippen molar-refractivity contribution in [2.75, 3.05) is 22.5 Å². The van der Waals surface area contributed by atoms with E-state index in [0.717, 1.165) is 33.2 Å². The quantitative estimate of drug-likeness (QED) is 0.308. The van der Waals surface area contributed by atoms with Crippen molar-refractivity contribution in [2.45, 2.75) is 10.8 Å². The molecule has 5 nitrogen and oxygen atoms in total. The maximum absolute atomic E-state index is 12.8. The number of halogens is 2. The standard InChI is InChI=1S/C24H17Cl2N3O2S2/c25-17-7-5-15(11-18(17)26)23(31)27-16-6-8-19-21(12-16)33-24(28-19)32-13-22(30)29-10-9-14-3-1-2-4-20(14)29/h1-8,11-12H,9-10,13H2,(H,27,31). The van der Waals surface area contributed by atoms with E-state index in [0.29, 0.717) is 27.0 Å². The fourth-order valence-corrected chi connectivity index (χ4v) is 5.96. The lowest BCUT2D eigenvalue weighted by molar-refractivity contribution is -0.116. The number of nitrogens with zero attached hydrogens (tertiary/aromatic N) is 2. The lowest BCUT2D eigenvalue weighted by atomic mass is 10.2. The summed E-state index contributed by atoms with van der Waals surface area (Å²) in [7, 11) is 0. The van der Waals surface area contributed by atoms with Gasteiger partial charge in [-0.2, -0.15) is 0 Å². The van der Waals surface area contributed by atoms with Crippen LogP contribution in [-0.4, -0.2) is 29.1 Å². The van der Waals surface area contributed by atoms with E-state index < -0.39 is 0 Å². The minimum absolute atomic E-state index is 0.0822. The van der Waals surface area contributed by atoms with E-state index >= 15 is 0 Å². The van der Waals surface area contributed by atoms with Gasteiger partial charge in [0, 0.05) is 23.5 Å². The average Bonchev–Trinajstić information content (AvgIpc) is 3.43. The molecule has 1 aromatic heterocycles. The molecule has 4 aromatic rings. The number of benzene rings is 3. The highest BCUT2D eigenvalue weighted by atomic mass is 35.5. The summed E-state index contributed by atoms with van der Waals surface area (Å²) in [6.45, 7) is 0.723. The number of hydrogen-bond acceptors (Lipinski definition) is 5. The van der Waals surface area contributed by atoms with E-state index in [9.17, 15) is 9.59 Å². The molecule has 1 N–H and O–H groups in total. The van der Waals surface area contributed by atoms with Crippen LogP contribution in [0.25, 0.3) is 10.2 Å². The summed E-state index contributed by atoms with van der Waals surface area (Å²) in [5.41, 5.74) is 4.13. The first-order valence-corrected chi connectivity index (χ1v) is 12.7. The molecule has 0 spiro atoms. The largest absolute Gasteiger partial charge is 0.322 e. The number of rotatable bonds is 5. The Bertz CT molecular complexity index is 1390. The van der Waals surface area contributed by atoms with Crippen molar-refractivity contribution in [1.29, 1.82) is 0 Å². The van der Waals surface area contributed by atoms with Gasteiger partial charge in [0.2, 0.25) is 5.91 Å². The van der Waals surface area contributed by atoms with Gasteiger partial charge in [-0.25, -0.2) is 4.98 Å². The molecule has 0 unspecified atom stereocenters. The lowest BCUT2D eigenvalue weighted by Crippen LogP contribution is -2.30. The Morgan fingerprint density at radius 1 is 1.06 bits per heavy atom. The zero-order valence-electron chi connectivity index (χ0n) is 17.2. The molecule has 2 heterocycles. The number of aromatic nitrogens is 1. The number of thiazole rings is 1. The summed E-state index contributed by atoms with van der Waals surface area (Å²) >= 11 is 14.9. The summed E-state index contributed by atoms with van der Waals surface area (Å²) in [5, 5.41) is 3.60. The summed E-state index contributed by atoms with van der Waals surface area (Å²) in [4.78, 5) is 31.8. The molecule has 3 aromatic carbocycles. The van der Waals surface area contributed by atoms with Gasteiger partial charge in [0.25, 0.3) is 5.91 Å². The number of hydrogen-bond donors (Lipinski definition) is 1. The summed E-state index contributed by atoms with van der Waals surface area (Å²) in [6, 6.07) is 18.3. The molecule has 0 bridgehead atoms. The van der Waals surface area contributed by atoms with Gasteiger partial charge >= 0.3 is 0 Å². The normalized spacial score (nSPS) is 12.7. The van der Waals surface area contributed by atoms with Crippen molar-refractivity contribution in [3.63, 3.8) is 0 Å². The zero-order chi connectivity index (χ0) is 22.9. The van der Waals surface area contributed by atoms with Gasteiger partial charge in [0.15, 0.2) is 4.34 Å². The number of fused-ring (bicyclic) bond motifs is 2. The third-order valence-corrected chi connectivity index (χ3v) is 8.20. The Balaban J connectivity index is 1.25. The molecule has 9 heteroatoms. The maximum Gasteiger partial charge on any atom is 0.255 e. The number of anilines is 2. The highest BCUT2D eigenvalue weighted by Gasteiger charge is 2.24. The Morgan fingerprint density at radius 3 is 2.76 bits per heavy atom. The molecule has 2 amide bonds. The molecule has 0 saturated heterocycles. The molecule has 0 saturated carbocycles. The molecule has 0 aliphatic carbocycles. The van der Waals surface area contributed by atoms with Crippen molar-refractivity contribution in [2.24, 2.45) is 0 Å². The topological polar surface area (TPSA) is 62.3 Å². The van der Waals surface area contributed by atoms with Crippen LogP contribution >= 0.6 is 46.3 Å². The first-order valence-electron chi connectivity index (χ1n) is 10.2. The van der Waals surface area contributed by atoms with E-state index in [4.69, 9.17) is 23.2 Å².